The Morgan fingerprint density at radius 3 is 2.53 bits per heavy atom. The van der Waals surface area contributed by atoms with Gasteiger partial charge >= 0.3 is 6.36 Å². The highest BCUT2D eigenvalue weighted by atomic mass is 19.4. The number of imidazole rings is 1. The van der Waals surface area contributed by atoms with E-state index in [0.717, 1.165) is 45.0 Å². The predicted octanol–water partition coefficient (Wildman–Crippen LogP) is 3.59. The molecule has 2 aromatic heterocycles. The average Bonchev–Trinajstić information content (AvgIpc) is 3.07. The molecule has 1 saturated heterocycles. The van der Waals surface area contributed by atoms with Gasteiger partial charge in [0.1, 0.15) is 5.82 Å². The molecule has 10 heteroatoms. The van der Waals surface area contributed by atoms with Gasteiger partial charge in [0, 0.05) is 49.0 Å². The second kappa shape index (κ2) is 8.07. The Bertz CT molecular complexity index is 887. The van der Waals surface area contributed by atoms with Gasteiger partial charge < -0.3 is 19.8 Å². The van der Waals surface area contributed by atoms with E-state index in [2.05, 4.69) is 33.0 Å². The van der Waals surface area contributed by atoms with Crippen LogP contribution in [0.4, 0.5) is 19.0 Å². The number of hydrogen-bond donors (Lipinski definition) is 1. The molecule has 2 fully saturated rings. The average molecular weight is 425 g/mol. The van der Waals surface area contributed by atoms with Crippen LogP contribution in [0, 0.1) is 0 Å². The molecule has 30 heavy (non-hydrogen) atoms. The van der Waals surface area contributed by atoms with Gasteiger partial charge in [-0.15, -0.1) is 13.2 Å². The summed E-state index contributed by atoms with van der Waals surface area (Å²) < 4.78 is 49.5. The van der Waals surface area contributed by atoms with Crippen molar-refractivity contribution >= 4 is 5.82 Å². The van der Waals surface area contributed by atoms with Crippen molar-refractivity contribution in [3.63, 3.8) is 0 Å². The van der Waals surface area contributed by atoms with Gasteiger partial charge in [-0.1, -0.05) is 13.8 Å². The van der Waals surface area contributed by atoms with Crippen molar-refractivity contribution in [2.75, 3.05) is 32.0 Å². The summed E-state index contributed by atoms with van der Waals surface area (Å²) >= 11 is 0. The van der Waals surface area contributed by atoms with Gasteiger partial charge in [-0.25, -0.2) is 9.97 Å². The summed E-state index contributed by atoms with van der Waals surface area (Å²) in [7, 11) is 0. The van der Waals surface area contributed by atoms with E-state index in [1.165, 1.54) is 12.3 Å². The van der Waals surface area contributed by atoms with Gasteiger partial charge in [0.15, 0.2) is 11.6 Å². The van der Waals surface area contributed by atoms with Gasteiger partial charge in [-0.3, -0.25) is 4.90 Å². The molecule has 0 amide bonds. The van der Waals surface area contributed by atoms with Gasteiger partial charge in [-0.2, -0.15) is 0 Å². The number of nitrogen functional groups attached to an aromatic ring is 1. The lowest BCUT2D eigenvalue weighted by Crippen LogP contribution is -2.50. The Kier molecular flexibility index (Phi) is 5.63. The van der Waals surface area contributed by atoms with Crippen molar-refractivity contribution in [3.8, 4) is 17.0 Å². The molecule has 0 atom stereocenters. The summed E-state index contributed by atoms with van der Waals surface area (Å²) in [5.41, 5.74) is 6.55. The molecule has 164 valence electrons. The number of morpholine rings is 1. The molecular formula is C20H26F3N5O2. The first-order valence-electron chi connectivity index (χ1n) is 10.1. The van der Waals surface area contributed by atoms with Gasteiger partial charge in [0.05, 0.1) is 18.9 Å². The maximum absolute atomic E-state index is 12.6. The number of anilines is 1. The quantitative estimate of drug-likeness (QED) is 0.789. The number of nitrogens with zero attached hydrogens (tertiary/aromatic N) is 4. The Hall–Kier alpha value is -2.33. The molecular weight excluding hydrogens is 399 g/mol. The highest BCUT2D eigenvalue weighted by molar-refractivity contribution is 5.63. The zero-order valence-electron chi connectivity index (χ0n) is 17.0. The lowest BCUT2D eigenvalue weighted by atomic mass is 9.84. The van der Waals surface area contributed by atoms with Crippen molar-refractivity contribution in [1.82, 2.24) is 19.4 Å². The zero-order valence-corrected chi connectivity index (χ0v) is 17.0. The number of ether oxygens (including phenoxy) is 2. The minimum absolute atomic E-state index is 0.175. The third-order valence-electron chi connectivity index (χ3n) is 5.72. The van der Waals surface area contributed by atoms with E-state index < -0.39 is 12.1 Å². The first kappa shape index (κ1) is 20.9. The van der Waals surface area contributed by atoms with Crippen molar-refractivity contribution in [1.29, 1.82) is 0 Å². The number of aromatic nitrogens is 3. The predicted molar refractivity (Wildman–Crippen MR) is 105 cm³/mol. The molecule has 7 nitrogen and oxygen atoms in total. The molecule has 0 spiro atoms. The van der Waals surface area contributed by atoms with Crippen LogP contribution in [0.15, 0.2) is 18.5 Å². The van der Waals surface area contributed by atoms with Crippen LogP contribution < -0.4 is 10.5 Å². The molecule has 1 aliphatic carbocycles. The van der Waals surface area contributed by atoms with Crippen LogP contribution in [0.3, 0.4) is 0 Å². The highest BCUT2D eigenvalue weighted by Gasteiger charge is 2.37. The summed E-state index contributed by atoms with van der Waals surface area (Å²) in [6.07, 6.45) is 0.542. The first-order valence-corrected chi connectivity index (χ1v) is 10.1. The number of rotatable bonds is 5. The molecule has 1 aliphatic heterocycles. The molecule has 4 rings (SSSR count). The van der Waals surface area contributed by atoms with Gasteiger partial charge in [0.2, 0.25) is 0 Å². The van der Waals surface area contributed by atoms with Crippen LogP contribution >= 0.6 is 0 Å². The fourth-order valence-corrected chi connectivity index (χ4v) is 4.10. The molecule has 2 aromatic rings. The minimum atomic E-state index is -4.84. The second-order valence-electron chi connectivity index (χ2n) is 8.13. The maximum atomic E-state index is 12.6. The van der Waals surface area contributed by atoms with Crippen molar-refractivity contribution in [3.05, 3.63) is 24.3 Å². The molecule has 3 heterocycles. The summed E-state index contributed by atoms with van der Waals surface area (Å²) in [6, 6.07) is 2.10. The van der Waals surface area contributed by atoms with Crippen LogP contribution in [-0.2, 0) is 4.74 Å². The zero-order chi connectivity index (χ0) is 21.5. The standard InChI is InChI=1S/C20H26F3N5O2/c1-12(2)19-26-16(13-7-17(18(24)25-10-13)30-20(21,22)23)11-28(19)15-8-14(9-15)27-3-5-29-6-4-27/h7,10-12,14-15H,3-6,8-9H2,1-2H3,(H2,24,25)/t14-,15-. The van der Waals surface area contributed by atoms with Gasteiger partial charge in [-0.05, 0) is 18.9 Å². The van der Waals surface area contributed by atoms with E-state index in [4.69, 9.17) is 15.5 Å². The molecule has 0 bridgehead atoms. The van der Waals surface area contributed by atoms with E-state index in [0.29, 0.717) is 23.3 Å². The third kappa shape index (κ3) is 4.39. The third-order valence-corrected chi connectivity index (χ3v) is 5.72. The van der Waals surface area contributed by atoms with E-state index in [9.17, 15) is 13.2 Å². The Morgan fingerprint density at radius 2 is 1.90 bits per heavy atom. The lowest BCUT2D eigenvalue weighted by molar-refractivity contribution is -0.274. The number of nitrogens with two attached hydrogens (primary N) is 1. The topological polar surface area (TPSA) is 78.4 Å². The minimum Gasteiger partial charge on any atom is -0.402 e. The van der Waals surface area contributed by atoms with Gasteiger partial charge in [0.25, 0.3) is 0 Å². The fourth-order valence-electron chi connectivity index (χ4n) is 4.10. The Labute approximate surface area is 173 Å². The highest BCUT2D eigenvalue weighted by Crippen LogP contribution is 2.39. The maximum Gasteiger partial charge on any atom is 0.573 e. The SMILES string of the molecule is CC(C)c1nc(-c2cnc(N)c(OC(F)(F)F)c2)cn1[C@H]1C[C@H](N2CCOCC2)C1. The van der Waals surface area contributed by atoms with Crippen LogP contribution in [0.5, 0.6) is 5.75 Å². The van der Waals surface area contributed by atoms with Crippen LogP contribution in [0.25, 0.3) is 11.3 Å². The summed E-state index contributed by atoms with van der Waals surface area (Å²) in [5.74, 6) is 0.253. The molecule has 2 aliphatic rings. The largest absolute Gasteiger partial charge is 0.573 e. The van der Waals surface area contributed by atoms with Crippen molar-refractivity contribution in [2.45, 2.75) is 51.1 Å². The Morgan fingerprint density at radius 1 is 1.20 bits per heavy atom. The monoisotopic (exact) mass is 425 g/mol. The van der Waals surface area contributed by atoms with E-state index in [-0.39, 0.29) is 11.7 Å². The van der Waals surface area contributed by atoms with Crippen LogP contribution in [0.2, 0.25) is 0 Å². The second-order valence-corrected chi connectivity index (χ2v) is 8.13. The van der Waals surface area contributed by atoms with E-state index in [1.807, 2.05) is 6.20 Å². The molecule has 0 radical (unpaired) electrons. The van der Waals surface area contributed by atoms with E-state index >= 15 is 0 Å². The lowest BCUT2D eigenvalue weighted by Gasteiger charge is -2.45. The summed E-state index contributed by atoms with van der Waals surface area (Å²) in [5, 5.41) is 0. The number of alkyl halides is 3. The molecule has 2 N–H and O–H groups in total. The molecule has 0 aromatic carbocycles. The number of hydrogen-bond acceptors (Lipinski definition) is 6. The van der Waals surface area contributed by atoms with Crippen LogP contribution in [0.1, 0.15) is 44.5 Å². The van der Waals surface area contributed by atoms with E-state index in [1.54, 1.807) is 0 Å². The first-order chi connectivity index (χ1) is 14.2. The summed E-state index contributed by atoms with van der Waals surface area (Å²) in [4.78, 5) is 11.0. The molecule has 0 unspecified atom stereocenters. The number of pyridine rings is 1. The Balaban J connectivity index is 1.55. The van der Waals surface area contributed by atoms with Crippen molar-refractivity contribution < 1.29 is 22.6 Å². The molecule has 1 saturated carbocycles. The smallest absolute Gasteiger partial charge is 0.402 e. The normalized spacial score (nSPS) is 22.9. The summed E-state index contributed by atoms with van der Waals surface area (Å²) in [6.45, 7) is 7.59. The van der Waals surface area contributed by atoms with Crippen LogP contribution in [-0.4, -0.2) is 58.1 Å². The fraction of sp³-hybridized carbons (Fsp3) is 0.600. The van der Waals surface area contributed by atoms with Crippen molar-refractivity contribution in [2.24, 2.45) is 0 Å². The number of halogens is 3.